The molecule has 0 spiro atoms. The van der Waals surface area contributed by atoms with Crippen LogP contribution >= 0.6 is 33.9 Å². The third-order valence-electron chi connectivity index (χ3n) is 0.449. The third-order valence-corrected chi connectivity index (χ3v) is 1.96. The van der Waals surface area contributed by atoms with Crippen LogP contribution in [0.5, 0.6) is 0 Å². The van der Waals surface area contributed by atoms with Gasteiger partial charge in [-0.3, -0.25) is 0 Å². The minimum atomic E-state index is -0.357. The summed E-state index contributed by atoms with van der Waals surface area (Å²) in [5.74, 6) is 0. The summed E-state index contributed by atoms with van der Waals surface area (Å²) in [6, 6.07) is 0. The maximum absolute atomic E-state index is 11.8. The molecule has 1 nitrogen and oxygen atoms in total. The molecular weight excluding hydrogens is 228 g/mol. The normalized spacial score (nSPS) is 9.43. The van der Waals surface area contributed by atoms with E-state index in [2.05, 4.69) is 4.98 Å². The fourth-order valence-electron chi connectivity index (χ4n) is 0.235. The Morgan fingerprint density at radius 1 is 1.86 bits per heavy atom. The van der Waals surface area contributed by atoms with Gasteiger partial charge < -0.3 is 0 Å². The Labute approximate surface area is 57.7 Å². The summed E-state index contributed by atoms with van der Waals surface area (Å²) in [6.45, 7) is 0. The average Bonchev–Trinajstić information content (AvgIpc) is 1.87. The molecule has 1 aromatic rings. The van der Waals surface area contributed by atoms with Crippen LogP contribution in [0.2, 0.25) is 0 Å². The van der Waals surface area contributed by atoms with Gasteiger partial charge >= 0.3 is 0 Å². The maximum atomic E-state index is 11.8. The smallest absolute Gasteiger partial charge is 0.217 e. The molecule has 0 unspecified atom stereocenters. The zero-order valence-electron chi connectivity index (χ0n) is 3.19. The highest BCUT2D eigenvalue weighted by Gasteiger charge is 1.92. The lowest BCUT2D eigenvalue weighted by Gasteiger charge is -1.62. The zero-order chi connectivity index (χ0) is 5.28. The lowest BCUT2D eigenvalue weighted by Crippen LogP contribution is -1.58. The van der Waals surface area contributed by atoms with Crippen molar-refractivity contribution in [1.82, 2.24) is 4.98 Å². The van der Waals surface area contributed by atoms with E-state index in [9.17, 15) is 4.39 Å². The van der Waals surface area contributed by atoms with Crippen molar-refractivity contribution in [3.8, 4) is 0 Å². The number of hydrogen-bond donors (Lipinski definition) is 0. The molecule has 0 aliphatic rings. The van der Waals surface area contributed by atoms with Crippen molar-refractivity contribution in [2.24, 2.45) is 0 Å². The Morgan fingerprint density at radius 3 is 2.71 bits per heavy atom. The van der Waals surface area contributed by atoms with Crippen LogP contribution in [0.3, 0.4) is 0 Å². The largest absolute Gasteiger partial charge is 0.269 e. The molecule has 0 amide bonds. The summed E-state index contributed by atoms with van der Waals surface area (Å²) in [6.07, 6.45) is 1.50. The average molecular weight is 229 g/mol. The number of thiazole rings is 1. The second kappa shape index (κ2) is 2.04. The first-order chi connectivity index (χ1) is 3.29. The van der Waals surface area contributed by atoms with E-state index in [0.29, 0.717) is 0 Å². The van der Waals surface area contributed by atoms with Gasteiger partial charge in [-0.1, -0.05) is 11.3 Å². The molecule has 1 heterocycles. The van der Waals surface area contributed by atoms with E-state index in [1.165, 1.54) is 6.20 Å². The van der Waals surface area contributed by atoms with Gasteiger partial charge in [0.15, 0.2) is 0 Å². The molecule has 1 aromatic heterocycles. The molecule has 4 heteroatoms. The first-order valence-corrected chi connectivity index (χ1v) is 3.45. The quantitative estimate of drug-likeness (QED) is 0.619. The van der Waals surface area contributed by atoms with E-state index in [4.69, 9.17) is 0 Å². The molecular formula is C3HFINS. The van der Waals surface area contributed by atoms with E-state index >= 15 is 0 Å². The van der Waals surface area contributed by atoms with Gasteiger partial charge in [0, 0.05) is 0 Å². The standard InChI is InChI=1S/C3HFINS/c4-3-6-1-2(5)7-3/h1H. The maximum Gasteiger partial charge on any atom is 0.269 e. The summed E-state index contributed by atoms with van der Waals surface area (Å²) in [7, 11) is 0. The highest BCUT2D eigenvalue weighted by molar-refractivity contribution is 14.1. The minimum Gasteiger partial charge on any atom is -0.217 e. The fraction of sp³-hybridized carbons (Fsp3) is 0. The summed E-state index contributed by atoms with van der Waals surface area (Å²) >= 11 is 3.07. The number of rotatable bonds is 0. The van der Waals surface area contributed by atoms with Crippen LogP contribution in [-0.2, 0) is 0 Å². The van der Waals surface area contributed by atoms with Crippen LogP contribution < -0.4 is 0 Å². The molecule has 0 saturated carbocycles. The number of nitrogens with zero attached hydrogens (tertiary/aromatic N) is 1. The Balaban J connectivity index is 3.04. The molecule has 0 bridgehead atoms. The highest BCUT2D eigenvalue weighted by Crippen LogP contribution is 2.11. The second-order valence-electron chi connectivity index (χ2n) is 0.917. The van der Waals surface area contributed by atoms with Crippen LogP contribution in [-0.4, -0.2) is 4.98 Å². The van der Waals surface area contributed by atoms with Gasteiger partial charge in [0.1, 0.15) is 0 Å². The molecule has 0 saturated heterocycles. The number of aromatic nitrogens is 1. The lowest BCUT2D eigenvalue weighted by molar-refractivity contribution is 0.617. The molecule has 0 aliphatic carbocycles. The molecule has 0 N–H and O–H groups in total. The van der Waals surface area contributed by atoms with Crippen molar-refractivity contribution in [3.63, 3.8) is 0 Å². The topological polar surface area (TPSA) is 12.9 Å². The molecule has 1 rings (SSSR count). The SMILES string of the molecule is Fc1ncc(I)s1. The molecule has 0 aliphatic heterocycles. The summed E-state index contributed by atoms with van der Waals surface area (Å²) < 4.78 is 12.7. The van der Waals surface area contributed by atoms with Gasteiger partial charge in [0.2, 0.25) is 0 Å². The van der Waals surface area contributed by atoms with Crippen molar-refractivity contribution in [2.45, 2.75) is 0 Å². The first kappa shape index (κ1) is 5.43. The van der Waals surface area contributed by atoms with Gasteiger partial charge in [0.05, 0.1) is 9.08 Å². The second-order valence-corrected chi connectivity index (χ2v) is 3.79. The van der Waals surface area contributed by atoms with Crippen LogP contribution in [0.25, 0.3) is 0 Å². The molecule has 38 valence electrons. The highest BCUT2D eigenvalue weighted by atomic mass is 127. The van der Waals surface area contributed by atoms with E-state index < -0.39 is 0 Å². The molecule has 0 atom stereocenters. The summed E-state index contributed by atoms with van der Waals surface area (Å²) in [4.78, 5) is 3.36. The van der Waals surface area contributed by atoms with Crippen molar-refractivity contribution >= 4 is 33.9 Å². The van der Waals surface area contributed by atoms with Crippen molar-refractivity contribution in [3.05, 3.63) is 14.3 Å². The number of halogens is 2. The fourth-order valence-corrected chi connectivity index (χ4v) is 1.29. The van der Waals surface area contributed by atoms with Crippen molar-refractivity contribution < 1.29 is 4.39 Å². The Hall–Kier alpha value is 0.290. The van der Waals surface area contributed by atoms with Crippen LogP contribution in [0.4, 0.5) is 4.39 Å². The Kier molecular flexibility index (Phi) is 1.58. The van der Waals surface area contributed by atoms with Gasteiger partial charge in [0.25, 0.3) is 5.26 Å². The Bertz CT molecular complexity index is 147. The van der Waals surface area contributed by atoms with Crippen molar-refractivity contribution in [1.29, 1.82) is 0 Å². The van der Waals surface area contributed by atoms with E-state index in [1.807, 2.05) is 22.6 Å². The Morgan fingerprint density at radius 2 is 2.57 bits per heavy atom. The molecule has 0 aromatic carbocycles. The predicted octanol–water partition coefficient (Wildman–Crippen LogP) is 1.89. The van der Waals surface area contributed by atoms with Crippen LogP contribution in [0.15, 0.2) is 6.20 Å². The number of hydrogen-bond acceptors (Lipinski definition) is 2. The molecule has 7 heavy (non-hydrogen) atoms. The predicted molar refractivity (Wildman–Crippen MR) is 34.8 cm³/mol. The van der Waals surface area contributed by atoms with E-state index in [1.54, 1.807) is 0 Å². The zero-order valence-corrected chi connectivity index (χ0v) is 6.16. The van der Waals surface area contributed by atoms with Crippen LogP contribution in [0, 0.1) is 8.15 Å². The third kappa shape index (κ3) is 1.34. The van der Waals surface area contributed by atoms with Crippen molar-refractivity contribution in [2.75, 3.05) is 0 Å². The van der Waals surface area contributed by atoms with Gasteiger partial charge in [-0.15, -0.1) is 0 Å². The molecule has 0 radical (unpaired) electrons. The first-order valence-electron chi connectivity index (χ1n) is 1.56. The van der Waals surface area contributed by atoms with E-state index in [-0.39, 0.29) is 5.26 Å². The monoisotopic (exact) mass is 229 g/mol. The van der Waals surface area contributed by atoms with Crippen LogP contribution in [0.1, 0.15) is 0 Å². The minimum absolute atomic E-state index is 0.357. The summed E-state index contributed by atoms with van der Waals surface area (Å²) in [5.41, 5.74) is 0. The van der Waals surface area contributed by atoms with Gasteiger partial charge in [-0.25, -0.2) is 4.98 Å². The van der Waals surface area contributed by atoms with Gasteiger partial charge in [-0.05, 0) is 22.6 Å². The summed E-state index contributed by atoms with van der Waals surface area (Å²) in [5, 5.41) is -0.357. The van der Waals surface area contributed by atoms with E-state index in [0.717, 1.165) is 14.2 Å². The van der Waals surface area contributed by atoms with Gasteiger partial charge in [-0.2, -0.15) is 4.39 Å². The lowest BCUT2D eigenvalue weighted by atomic mass is 11.0. The molecule has 0 fully saturated rings.